The smallest absolute Gasteiger partial charge is 0.232 e. The molecule has 0 saturated carbocycles. The van der Waals surface area contributed by atoms with E-state index < -0.39 is 0 Å². The summed E-state index contributed by atoms with van der Waals surface area (Å²) in [4.78, 5) is 14.3. The minimum Gasteiger partial charge on any atom is -0.378 e. The molecule has 0 bridgehead atoms. The molecule has 0 amide bonds. The van der Waals surface area contributed by atoms with E-state index in [9.17, 15) is 0 Å². The Kier molecular flexibility index (Phi) is 7.19. The van der Waals surface area contributed by atoms with Crippen LogP contribution in [0.4, 0.5) is 17.6 Å². The van der Waals surface area contributed by atoms with Gasteiger partial charge in [-0.3, -0.25) is 0 Å². The van der Waals surface area contributed by atoms with E-state index in [1.165, 1.54) is 12.0 Å². The van der Waals surface area contributed by atoms with Gasteiger partial charge in [0.25, 0.3) is 0 Å². The maximum absolute atomic E-state index is 5.52. The van der Waals surface area contributed by atoms with Crippen molar-refractivity contribution in [2.45, 2.75) is 26.8 Å². The van der Waals surface area contributed by atoms with Gasteiger partial charge in [0, 0.05) is 38.8 Å². The number of rotatable bonds is 5. The molecular weight excluding hydrogens is 408 g/mol. The first-order valence-corrected chi connectivity index (χ1v) is 11.5. The lowest BCUT2D eigenvalue weighted by Gasteiger charge is -2.36. The molecule has 2 aliphatic rings. The summed E-state index contributed by atoms with van der Waals surface area (Å²) < 4.78 is 5.52. The van der Waals surface area contributed by atoms with Crippen LogP contribution in [-0.4, -0.2) is 54.5 Å². The summed E-state index contributed by atoms with van der Waals surface area (Å²) in [5.74, 6) is 3.72. The summed E-state index contributed by atoms with van der Waals surface area (Å²) in [6.07, 6.45) is 1.26. The van der Waals surface area contributed by atoms with Gasteiger partial charge in [0.15, 0.2) is 5.11 Å². The molecule has 31 heavy (non-hydrogen) atoms. The van der Waals surface area contributed by atoms with E-state index in [2.05, 4.69) is 52.5 Å². The highest BCUT2D eigenvalue weighted by Crippen LogP contribution is 2.28. The molecule has 0 unspecified atom stereocenters. The van der Waals surface area contributed by atoms with Crippen molar-refractivity contribution >= 4 is 34.9 Å². The second-order valence-corrected chi connectivity index (χ2v) is 9.06. The van der Waals surface area contributed by atoms with Gasteiger partial charge >= 0.3 is 0 Å². The van der Waals surface area contributed by atoms with Crippen LogP contribution in [0.5, 0.6) is 0 Å². The van der Waals surface area contributed by atoms with E-state index in [-0.39, 0.29) is 0 Å². The van der Waals surface area contributed by atoms with Gasteiger partial charge in [0.05, 0.1) is 13.2 Å². The summed E-state index contributed by atoms with van der Waals surface area (Å²) >= 11 is 5.52. The third kappa shape index (κ3) is 6.04. The molecule has 8 heteroatoms. The van der Waals surface area contributed by atoms with Gasteiger partial charge in [-0.15, -0.1) is 0 Å². The third-order valence-corrected chi connectivity index (χ3v) is 5.99. The molecule has 2 aromatic rings. The third-order valence-electron chi connectivity index (χ3n) is 5.75. The predicted octanol–water partition coefficient (Wildman–Crippen LogP) is 3.28. The fourth-order valence-electron chi connectivity index (χ4n) is 4.37. The number of aromatic nitrogens is 2. The molecule has 0 radical (unpaired) electrons. The highest BCUT2D eigenvalue weighted by molar-refractivity contribution is 7.80. The standard InChI is InChI=1S/C23H32N6OS/c1-17-12-18(2)16-29(15-17)21-13-20(28-8-10-30-11-9-28)25-22(26-21)27-23(31)24-14-19-6-4-3-5-7-19/h3-7,13,17-18H,8-12,14-16H2,1-2H3,(H2,24,25,26,27,31)/t17-,18-/m1/s1. The Morgan fingerprint density at radius 1 is 1.03 bits per heavy atom. The number of piperidine rings is 1. The normalized spacial score (nSPS) is 21.6. The summed E-state index contributed by atoms with van der Waals surface area (Å²) in [5.41, 5.74) is 1.17. The highest BCUT2D eigenvalue weighted by Gasteiger charge is 2.25. The number of anilines is 3. The van der Waals surface area contributed by atoms with Crippen LogP contribution in [0.2, 0.25) is 0 Å². The maximum atomic E-state index is 5.52. The second kappa shape index (κ2) is 10.2. The summed E-state index contributed by atoms with van der Waals surface area (Å²) in [5, 5.41) is 6.98. The summed E-state index contributed by atoms with van der Waals surface area (Å²) in [6, 6.07) is 12.3. The largest absolute Gasteiger partial charge is 0.378 e. The van der Waals surface area contributed by atoms with Crippen molar-refractivity contribution in [1.29, 1.82) is 0 Å². The van der Waals surface area contributed by atoms with Crippen LogP contribution in [0.25, 0.3) is 0 Å². The van der Waals surface area contributed by atoms with Crippen LogP contribution in [0.3, 0.4) is 0 Å². The van der Waals surface area contributed by atoms with E-state index >= 15 is 0 Å². The topological polar surface area (TPSA) is 65.6 Å². The number of benzene rings is 1. The van der Waals surface area contributed by atoms with E-state index in [1.807, 2.05) is 18.2 Å². The monoisotopic (exact) mass is 440 g/mol. The van der Waals surface area contributed by atoms with Crippen LogP contribution in [-0.2, 0) is 11.3 Å². The average Bonchev–Trinajstić information content (AvgIpc) is 2.78. The predicted molar refractivity (Wildman–Crippen MR) is 130 cm³/mol. The van der Waals surface area contributed by atoms with Crippen LogP contribution < -0.4 is 20.4 Å². The molecule has 2 aliphatic heterocycles. The number of nitrogens with zero attached hydrogens (tertiary/aromatic N) is 4. The van der Waals surface area contributed by atoms with Gasteiger partial charge in [-0.1, -0.05) is 44.2 Å². The molecule has 166 valence electrons. The van der Waals surface area contributed by atoms with Gasteiger partial charge in [-0.25, -0.2) is 0 Å². The van der Waals surface area contributed by atoms with E-state index in [4.69, 9.17) is 26.9 Å². The van der Waals surface area contributed by atoms with Crippen molar-refractivity contribution in [3.63, 3.8) is 0 Å². The van der Waals surface area contributed by atoms with Crippen molar-refractivity contribution in [3.8, 4) is 0 Å². The SMILES string of the molecule is C[C@@H]1C[C@@H](C)CN(c2cc(N3CCOCC3)nc(NC(=S)NCc3ccccc3)n2)C1. The van der Waals surface area contributed by atoms with E-state index in [1.54, 1.807) is 0 Å². The van der Waals surface area contributed by atoms with Crippen molar-refractivity contribution in [2.75, 3.05) is 54.5 Å². The van der Waals surface area contributed by atoms with Gasteiger partial charge in [0.2, 0.25) is 5.95 Å². The number of thiocarbonyl (C=S) groups is 1. The molecule has 0 aliphatic carbocycles. The van der Waals surface area contributed by atoms with Crippen molar-refractivity contribution < 1.29 is 4.74 Å². The van der Waals surface area contributed by atoms with Crippen molar-refractivity contribution in [1.82, 2.24) is 15.3 Å². The molecule has 0 spiro atoms. The second-order valence-electron chi connectivity index (χ2n) is 8.65. The maximum Gasteiger partial charge on any atom is 0.232 e. The molecule has 1 aromatic heterocycles. The zero-order valence-corrected chi connectivity index (χ0v) is 19.2. The van der Waals surface area contributed by atoms with Crippen LogP contribution in [0.15, 0.2) is 36.4 Å². The molecule has 2 saturated heterocycles. The average molecular weight is 441 g/mol. The Morgan fingerprint density at radius 2 is 1.68 bits per heavy atom. The fraction of sp³-hybridized carbons (Fsp3) is 0.522. The van der Waals surface area contributed by atoms with E-state index in [0.29, 0.717) is 29.4 Å². The van der Waals surface area contributed by atoms with Crippen molar-refractivity contribution in [3.05, 3.63) is 42.0 Å². The summed E-state index contributed by atoms with van der Waals surface area (Å²) in [7, 11) is 0. The first-order valence-electron chi connectivity index (χ1n) is 11.1. The Labute approximate surface area is 190 Å². The minimum absolute atomic E-state index is 0.523. The van der Waals surface area contributed by atoms with Gasteiger partial charge in [0.1, 0.15) is 11.6 Å². The number of nitrogens with one attached hydrogen (secondary N) is 2. The zero-order chi connectivity index (χ0) is 21.6. The number of ether oxygens (including phenoxy) is 1. The molecule has 7 nitrogen and oxygen atoms in total. The van der Waals surface area contributed by atoms with Crippen LogP contribution >= 0.6 is 12.2 Å². The summed E-state index contributed by atoms with van der Waals surface area (Å²) in [6.45, 7) is 10.4. The lowest BCUT2D eigenvalue weighted by Crippen LogP contribution is -2.40. The Morgan fingerprint density at radius 3 is 2.35 bits per heavy atom. The highest BCUT2D eigenvalue weighted by atomic mass is 32.1. The number of hydrogen-bond donors (Lipinski definition) is 2. The number of morpholine rings is 1. The first kappa shape index (κ1) is 21.8. The van der Waals surface area contributed by atoms with E-state index in [0.717, 1.165) is 51.0 Å². The lowest BCUT2D eigenvalue weighted by atomic mass is 9.92. The quantitative estimate of drug-likeness (QED) is 0.687. The fourth-order valence-corrected chi connectivity index (χ4v) is 4.53. The van der Waals surface area contributed by atoms with Gasteiger partial charge < -0.3 is 25.2 Å². The van der Waals surface area contributed by atoms with Gasteiger partial charge in [-0.05, 0) is 36.0 Å². The van der Waals surface area contributed by atoms with Crippen molar-refractivity contribution in [2.24, 2.45) is 11.8 Å². The molecule has 2 N–H and O–H groups in total. The van der Waals surface area contributed by atoms with Crippen LogP contribution in [0, 0.1) is 11.8 Å². The minimum atomic E-state index is 0.523. The molecule has 2 atom stereocenters. The first-order chi connectivity index (χ1) is 15.1. The Hall–Kier alpha value is -2.45. The molecule has 1 aromatic carbocycles. The number of hydrogen-bond acceptors (Lipinski definition) is 6. The molecular formula is C23H32N6OS. The Balaban J connectivity index is 1.51. The van der Waals surface area contributed by atoms with Crippen LogP contribution in [0.1, 0.15) is 25.8 Å². The molecule has 3 heterocycles. The van der Waals surface area contributed by atoms with Gasteiger partial charge in [-0.2, -0.15) is 9.97 Å². The lowest BCUT2D eigenvalue weighted by molar-refractivity contribution is 0.122. The zero-order valence-electron chi connectivity index (χ0n) is 18.4. The molecule has 2 fully saturated rings. The Bertz CT molecular complexity index is 864. The molecule has 4 rings (SSSR count).